The van der Waals surface area contributed by atoms with E-state index in [2.05, 4.69) is 10.6 Å². The zero-order chi connectivity index (χ0) is 20.4. The van der Waals surface area contributed by atoms with Gasteiger partial charge in [-0.2, -0.15) is 0 Å². The lowest BCUT2D eigenvalue weighted by Crippen LogP contribution is -2.36. The number of hydrogen-bond donors (Lipinski definition) is 2. The normalized spacial score (nSPS) is 10.6. The van der Waals surface area contributed by atoms with E-state index >= 15 is 0 Å². The topological polar surface area (TPSA) is 101 Å². The number of nitrogens with zero attached hydrogens (tertiary/aromatic N) is 1. The van der Waals surface area contributed by atoms with E-state index in [1.165, 1.54) is 24.3 Å². The number of nitro groups is 1. The fourth-order valence-corrected chi connectivity index (χ4v) is 2.27. The highest BCUT2D eigenvalue weighted by Gasteiger charge is 2.18. The molecular weight excluding hydrogens is 346 g/mol. The molecule has 2 N–H and O–H groups in total. The lowest BCUT2D eigenvalue weighted by Gasteiger charge is -2.12. The Morgan fingerprint density at radius 3 is 2.00 bits per heavy atom. The summed E-state index contributed by atoms with van der Waals surface area (Å²) in [5.74, 6) is -0.114. The first kappa shape index (κ1) is 22.3. The van der Waals surface area contributed by atoms with Crippen LogP contribution in [-0.2, 0) is 9.59 Å². The third kappa shape index (κ3) is 8.48. The number of carbonyl (C=O) groups is 2. The van der Waals surface area contributed by atoms with E-state index < -0.39 is 16.7 Å². The molecule has 148 valence electrons. The lowest BCUT2D eigenvalue weighted by molar-refractivity contribution is -0.384. The zero-order valence-corrected chi connectivity index (χ0v) is 16.5. The van der Waals surface area contributed by atoms with Crippen LogP contribution in [0.3, 0.4) is 0 Å². The third-order valence-corrected chi connectivity index (χ3v) is 3.90. The molecule has 1 aromatic carbocycles. The maximum atomic E-state index is 12.5. The van der Waals surface area contributed by atoms with Crippen molar-refractivity contribution < 1.29 is 14.5 Å². The molecule has 0 aliphatic carbocycles. The van der Waals surface area contributed by atoms with Gasteiger partial charge in [-0.25, -0.2) is 0 Å². The number of rotatable bonds is 10. The summed E-state index contributed by atoms with van der Waals surface area (Å²) >= 11 is 0. The Morgan fingerprint density at radius 1 is 1.04 bits per heavy atom. The third-order valence-electron chi connectivity index (χ3n) is 3.90. The molecule has 0 fully saturated rings. The number of carbonyl (C=O) groups excluding carboxylic acids is 2. The first-order valence-corrected chi connectivity index (χ1v) is 9.23. The zero-order valence-electron chi connectivity index (χ0n) is 16.5. The molecule has 0 saturated heterocycles. The average molecular weight is 375 g/mol. The molecule has 0 saturated carbocycles. The Balaban J connectivity index is 3.01. The van der Waals surface area contributed by atoms with Crippen molar-refractivity contribution in [1.82, 2.24) is 10.6 Å². The first-order chi connectivity index (χ1) is 12.7. The van der Waals surface area contributed by atoms with Gasteiger partial charge in [0.1, 0.15) is 5.57 Å². The van der Waals surface area contributed by atoms with E-state index in [-0.39, 0.29) is 11.3 Å². The highest BCUT2D eigenvalue weighted by molar-refractivity contribution is 6.21. The van der Waals surface area contributed by atoms with Crippen LogP contribution in [0.2, 0.25) is 0 Å². The highest BCUT2D eigenvalue weighted by Crippen LogP contribution is 2.16. The predicted octanol–water partition coefficient (Wildman–Crippen LogP) is 3.30. The Hall–Kier alpha value is -2.70. The van der Waals surface area contributed by atoms with Crippen molar-refractivity contribution in [2.45, 2.75) is 40.5 Å². The van der Waals surface area contributed by atoms with Crippen molar-refractivity contribution in [3.8, 4) is 0 Å². The molecule has 0 aliphatic rings. The Kier molecular flexibility index (Phi) is 9.19. The minimum atomic E-state index is -0.511. The van der Waals surface area contributed by atoms with Gasteiger partial charge in [0.2, 0.25) is 0 Å². The molecule has 2 amide bonds. The summed E-state index contributed by atoms with van der Waals surface area (Å²) in [6, 6.07) is 5.84. The Bertz CT molecular complexity index is 668. The lowest BCUT2D eigenvalue weighted by atomic mass is 10.1. The van der Waals surface area contributed by atoms with Crippen LogP contribution in [0.4, 0.5) is 5.69 Å². The standard InChI is InChI=1S/C20H29N3O4/c1-14(2)8-10-21-19(24)18(20(25)22-11-9-15(3)4)13-16-6-5-7-17(12-16)23(26)27/h5-7,12-15H,8-11H2,1-4H3,(H,21,24)(H,22,25). The van der Waals surface area contributed by atoms with E-state index in [9.17, 15) is 19.7 Å². The van der Waals surface area contributed by atoms with Gasteiger partial charge in [-0.05, 0) is 36.3 Å². The molecule has 1 rings (SSSR count). The average Bonchev–Trinajstić information content (AvgIpc) is 2.59. The van der Waals surface area contributed by atoms with E-state index in [1.54, 1.807) is 6.07 Å². The molecule has 0 aromatic heterocycles. The second-order valence-corrected chi connectivity index (χ2v) is 7.29. The van der Waals surface area contributed by atoms with Gasteiger partial charge in [-0.3, -0.25) is 19.7 Å². The molecule has 1 aromatic rings. The SMILES string of the molecule is CC(C)CCNC(=O)C(=Cc1cccc([N+](=O)[O-])c1)C(=O)NCCC(C)C. The summed E-state index contributed by atoms with van der Waals surface area (Å²) in [4.78, 5) is 35.5. The van der Waals surface area contributed by atoms with E-state index in [0.29, 0.717) is 30.5 Å². The monoisotopic (exact) mass is 375 g/mol. The van der Waals surface area contributed by atoms with Crippen molar-refractivity contribution >= 4 is 23.6 Å². The molecule has 7 heteroatoms. The Labute approximate surface area is 160 Å². The van der Waals surface area contributed by atoms with Crippen molar-refractivity contribution in [2.75, 3.05) is 13.1 Å². The van der Waals surface area contributed by atoms with Gasteiger partial charge in [0.25, 0.3) is 17.5 Å². The van der Waals surface area contributed by atoms with Gasteiger partial charge in [-0.15, -0.1) is 0 Å². The molecule has 0 bridgehead atoms. The van der Waals surface area contributed by atoms with Gasteiger partial charge in [-0.1, -0.05) is 39.8 Å². The van der Waals surface area contributed by atoms with Gasteiger partial charge >= 0.3 is 0 Å². The smallest absolute Gasteiger partial charge is 0.270 e. The van der Waals surface area contributed by atoms with Crippen molar-refractivity contribution in [3.05, 3.63) is 45.5 Å². The van der Waals surface area contributed by atoms with Gasteiger partial charge < -0.3 is 10.6 Å². The summed E-state index contributed by atoms with van der Waals surface area (Å²) in [6.45, 7) is 9.11. The number of nitrogens with one attached hydrogen (secondary N) is 2. The summed E-state index contributed by atoms with van der Waals surface area (Å²) in [6.07, 6.45) is 2.98. The highest BCUT2D eigenvalue weighted by atomic mass is 16.6. The fourth-order valence-electron chi connectivity index (χ4n) is 2.27. The van der Waals surface area contributed by atoms with Gasteiger partial charge in [0, 0.05) is 25.2 Å². The van der Waals surface area contributed by atoms with Crippen molar-refractivity contribution in [1.29, 1.82) is 0 Å². The summed E-state index contributed by atoms with van der Waals surface area (Å²) < 4.78 is 0. The van der Waals surface area contributed by atoms with Crippen LogP contribution in [0.5, 0.6) is 0 Å². The summed E-state index contributed by atoms with van der Waals surface area (Å²) in [7, 11) is 0. The maximum Gasteiger partial charge on any atom is 0.270 e. The molecule has 0 unspecified atom stereocenters. The quantitative estimate of drug-likeness (QED) is 0.215. The van der Waals surface area contributed by atoms with Crippen molar-refractivity contribution in [2.24, 2.45) is 11.8 Å². The number of benzene rings is 1. The second kappa shape index (κ2) is 11.1. The number of nitro benzene ring substituents is 1. The van der Waals surface area contributed by atoms with Gasteiger partial charge in [0.15, 0.2) is 0 Å². The second-order valence-electron chi connectivity index (χ2n) is 7.29. The molecule has 0 atom stereocenters. The summed E-state index contributed by atoms with van der Waals surface area (Å²) in [5.41, 5.74) is 0.281. The molecule has 0 radical (unpaired) electrons. The van der Waals surface area contributed by atoms with Gasteiger partial charge in [0.05, 0.1) is 4.92 Å². The summed E-state index contributed by atoms with van der Waals surface area (Å²) in [5, 5.41) is 16.4. The van der Waals surface area contributed by atoms with Crippen LogP contribution in [0.1, 0.15) is 46.1 Å². The van der Waals surface area contributed by atoms with Crippen LogP contribution in [0.25, 0.3) is 6.08 Å². The molecular formula is C20H29N3O4. The molecule has 0 heterocycles. The molecule has 0 spiro atoms. The largest absolute Gasteiger partial charge is 0.352 e. The fraction of sp³-hybridized carbons (Fsp3) is 0.500. The van der Waals surface area contributed by atoms with Crippen LogP contribution in [0.15, 0.2) is 29.8 Å². The minimum absolute atomic E-state index is 0.0528. The molecule has 0 aliphatic heterocycles. The minimum Gasteiger partial charge on any atom is -0.352 e. The number of non-ortho nitro benzene ring substituents is 1. The maximum absolute atomic E-state index is 12.5. The number of amides is 2. The van der Waals surface area contributed by atoms with E-state index in [4.69, 9.17) is 0 Å². The first-order valence-electron chi connectivity index (χ1n) is 9.23. The van der Waals surface area contributed by atoms with Crippen LogP contribution in [0, 0.1) is 22.0 Å². The van der Waals surface area contributed by atoms with Crippen molar-refractivity contribution in [3.63, 3.8) is 0 Å². The Morgan fingerprint density at radius 2 is 1.56 bits per heavy atom. The predicted molar refractivity (Wildman–Crippen MR) is 106 cm³/mol. The molecule has 7 nitrogen and oxygen atoms in total. The molecule has 27 heavy (non-hydrogen) atoms. The van der Waals surface area contributed by atoms with E-state index in [0.717, 1.165) is 12.8 Å². The van der Waals surface area contributed by atoms with E-state index in [1.807, 2.05) is 27.7 Å². The van der Waals surface area contributed by atoms with Crippen LogP contribution in [-0.4, -0.2) is 29.8 Å². The number of hydrogen-bond acceptors (Lipinski definition) is 4. The van der Waals surface area contributed by atoms with Crippen LogP contribution < -0.4 is 10.6 Å². The van der Waals surface area contributed by atoms with Crippen LogP contribution >= 0.6 is 0 Å².